The zero-order chi connectivity index (χ0) is 10.7. The van der Waals surface area contributed by atoms with Crippen molar-refractivity contribution in [3.05, 3.63) is 28.8 Å². The number of aldehydes is 1. The summed E-state index contributed by atoms with van der Waals surface area (Å²) in [7, 11) is 0. The van der Waals surface area contributed by atoms with Crippen molar-refractivity contribution in [2.45, 2.75) is 13.0 Å². The van der Waals surface area contributed by atoms with Crippen molar-refractivity contribution in [2.75, 3.05) is 0 Å². The number of rotatable bonds is 3. The van der Waals surface area contributed by atoms with Gasteiger partial charge in [0, 0.05) is 18.3 Å². The Balaban J connectivity index is 3.42. The van der Waals surface area contributed by atoms with Gasteiger partial charge in [0.2, 0.25) is 5.95 Å². The molecule has 0 saturated heterocycles. The molecule has 2 N–H and O–H groups in total. The van der Waals surface area contributed by atoms with Gasteiger partial charge in [0.15, 0.2) is 6.29 Å². The molecule has 0 fully saturated rings. The van der Waals surface area contributed by atoms with Crippen LogP contribution in [-0.4, -0.2) is 11.3 Å². The molecule has 0 aliphatic rings. The molecule has 76 valence electrons. The van der Waals surface area contributed by atoms with E-state index in [2.05, 4.69) is 4.98 Å². The van der Waals surface area contributed by atoms with Crippen LogP contribution in [0.2, 0.25) is 0 Å². The van der Waals surface area contributed by atoms with E-state index in [0.717, 1.165) is 6.20 Å². The second-order valence-corrected chi connectivity index (χ2v) is 2.52. The number of pyridine rings is 1. The molecule has 0 aliphatic heterocycles. The number of halogens is 3. The van der Waals surface area contributed by atoms with Crippen molar-refractivity contribution >= 4 is 6.29 Å². The number of alkyl halides is 2. The van der Waals surface area contributed by atoms with E-state index in [0.29, 0.717) is 0 Å². The first-order valence-corrected chi connectivity index (χ1v) is 3.72. The summed E-state index contributed by atoms with van der Waals surface area (Å²) in [4.78, 5) is 13.6. The molecule has 0 atom stereocenters. The molecule has 1 rings (SSSR count). The number of nitrogens with two attached hydrogens (primary N) is 1. The topological polar surface area (TPSA) is 56.0 Å². The standard InChI is InChI=1S/C8H7F3N2O/c9-7(10)6-5(3-14)4(1-12)2-13-8(6)11/h2-3,7H,1,12H2. The predicted molar refractivity (Wildman–Crippen MR) is 42.4 cm³/mol. The SMILES string of the molecule is NCc1cnc(F)c(C(F)F)c1C=O. The predicted octanol–water partition coefficient (Wildman–Crippen LogP) is 1.43. The van der Waals surface area contributed by atoms with Crippen LogP contribution in [0.15, 0.2) is 6.20 Å². The molecule has 0 radical (unpaired) electrons. The molecule has 0 bridgehead atoms. The fraction of sp³-hybridized carbons (Fsp3) is 0.250. The lowest BCUT2D eigenvalue weighted by molar-refractivity contribution is 0.110. The second-order valence-electron chi connectivity index (χ2n) is 2.52. The maximum absolute atomic E-state index is 12.8. The monoisotopic (exact) mass is 204 g/mol. The van der Waals surface area contributed by atoms with Crippen LogP contribution in [0.3, 0.4) is 0 Å². The molecule has 0 amide bonds. The van der Waals surface area contributed by atoms with Crippen molar-refractivity contribution in [1.82, 2.24) is 4.98 Å². The molecule has 0 unspecified atom stereocenters. The Morgan fingerprint density at radius 1 is 1.57 bits per heavy atom. The summed E-state index contributed by atoms with van der Waals surface area (Å²) in [5.41, 5.74) is 3.90. The number of hydrogen-bond donors (Lipinski definition) is 1. The summed E-state index contributed by atoms with van der Waals surface area (Å²) in [6.07, 6.45) is -1.94. The number of nitrogens with zero attached hydrogens (tertiary/aromatic N) is 1. The van der Waals surface area contributed by atoms with E-state index < -0.39 is 23.5 Å². The maximum Gasteiger partial charge on any atom is 0.268 e. The molecule has 1 aromatic rings. The van der Waals surface area contributed by atoms with Crippen LogP contribution >= 0.6 is 0 Å². The number of aromatic nitrogens is 1. The lowest BCUT2D eigenvalue weighted by atomic mass is 10.1. The first-order chi connectivity index (χ1) is 6.61. The van der Waals surface area contributed by atoms with Crippen LogP contribution in [0, 0.1) is 5.95 Å². The Morgan fingerprint density at radius 3 is 2.64 bits per heavy atom. The Hall–Kier alpha value is -1.43. The molecular formula is C8H7F3N2O. The summed E-state index contributed by atoms with van der Waals surface area (Å²) < 4.78 is 37.4. The van der Waals surface area contributed by atoms with Crippen molar-refractivity contribution in [1.29, 1.82) is 0 Å². The van der Waals surface area contributed by atoms with E-state index in [1.807, 2.05) is 0 Å². The van der Waals surface area contributed by atoms with E-state index in [1.54, 1.807) is 0 Å². The molecule has 6 heteroatoms. The van der Waals surface area contributed by atoms with Crippen molar-refractivity contribution in [2.24, 2.45) is 5.73 Å². The molecule has 0 saturated carbocycles. The molecule has 0 spiro atoms. The Morgan fingerprint density at radius 2 is 2.21 bits per heavy atom. The zero-order valence-electron chi connectivity index (χ0n) is 7.01. The minimum absolute atomic E-state index is 0.108. The quantitative estimate of drug-likeness (QED) is 0.598. The number of carbonyl (C=O) groups is 1. The lowest BCUT2D eigenvalue weighted by Gasteiger charge is -2.07. The molecule has 1 aromatic heterocycles. The van der Waals surface area contributed by atoms with Gasteiger partial charge in [-0.3, -0.25) is 4.79 Å². The van der Waals surface area contributed by atoms with Gasteiger partial charge in [0.25, 0.3) is 6.43 Å². The largest absolute Gasteiger partial charge is 0.326 e. The Labute approximate surface area is 77.7 Å². The highest BCUT2D eigenvalue weighted by molar-refractivity contribution is 5.79. The molecule has 1 heterocycles. The van der Waals surface area contributed by atoms with Gasteiger partial charge in [-0.2, -0.15) is 4.39 Å². The van der Waals surface area contributed by atoms with Gasteiger partial charge >= 0.3 is 0 Å². The lowest BCUT2D eigenvalue weighted by Crippen LogP contribution is -2.08. The van der Waals surface area contributed by atoms with Gasteiger partial charge in [0.1, 0.15) is 0 Å². The van der Waals surface area contributed by atoms with Crippen LogP contribution in [0.4, 0.5) is 13.2 Å². The molecule has 0 aliphatic carbocycles. The summed E-state index contributed by atoms with van der Waals surface area (Å²) in [5, 5.41) is 0. The highest BCUT2D eigenvalue weighted by atomic mass is 19.3. The Kier molecular flexibility index (Phi) is 3.19. The van der Waals surface area contributed by atoms with Crippen LogP contribution in [-0.2, 0) is 6.54 Å². The minimum Gasteiger partial charge on any atom is -0.326 e. The van der Waals surface area contributed by atoms with E-state index in [-0.39, 0.29) is 18.4 Å². The Bertz CT molecular complexity index is 355. The van der Waals surface area contributed by atoms with Crippen molar-refractivity contribution in [3.8, 4) is 0 Å². The van der Waals surface area contributed by atoms with E-state index in [9.17, 15) is 18.0 Å². The smallest absolute Gasteiger partial charge is 0.268 e. The molecule has 0 aromatic carbocycles. The van der Waals surface area contributed by atoms with Gasteiger partial charge in [-0.05, 0) is 5.56 Å². The van der Waals surface area contributed by atoms with Crippen LogP contribution in [0.25, 0.3) is 0 Å². The number of hydrogen-bond acceptors (Lipinski definition) is 3. The fourth-order valence-electron chi connectivity index (χ4n) is 1.07. The number of carbonyl (C=O) groups excluding carboxylic acids is 1. The van der Waals surface area contributed by atoms with Crippen molar-refractivity contribution < 1.29 is 18.0 Å². The van der Waals surface area contributed by atoms with Gasteiger partial charge in [-0.25, -0.2) is 13.8 Å². The first-order valence-electron chi connectivity index (χ1n) is 3.72. The summed E-state index contributed by atoms with van der Waals surface area (Å²) in [6.45, 7) is -0.138. The van der Waals surface area contributed by atoms with Crippen molar-refractivity contribution in [3.63, 3.8) is 0 Å². The van der Waals surface area contributed by atoms with Gasteiger partial charge in [-0.1, -0.05) is 0 Å². The van der Waals surface area contributed by atoms with Gasteiger partial charge < -0.3 is 5.73 Å². The summed E-state index contributed by atoms with van der Waals surface area (Å²) in [6, 6.07) is 0. The maximum atomic E-state index is 12.8. The highest BCUT2D eigenvalue weighted by Crippen LogP contribution is 2.25. The van der Waals surface area contributed by atoms with Crippen LogP contribution < -0.4 is 5.73 Å². The molecular weight excluding hydrogens is 197 g/mol. The normalized spacial score (nSPS) is 10.6. The third-order valence-electron chi connectivity index (χ3n) is 1.75. The third kappa shape index (κ3) is 1.74. The average Bonchev–Trinajstić information content (AvgIpc) is 2.16. The third-order valence-corrected chi connectivity index (χ3v) is 1.75. The van der Waals surface area contributed by atoms with Crippen LogP contribution in [0.5, 0.6) is 0 Å². The van der Waals surface area contributed by atoms with Gasteiger partial charge in [0.05, 0.1) is 5.56 Å². The minimum atomic E-state index is -3.07. The molecule has 3 nitrogen and oxygen atoms in total. The first kappa shape index (κ1) is 10.6. The summed E-state index contributed by atoms with van der Waals surface area (Å²) >= 11 is 0. The average molecular weight is 204 g/mol. The van der Waals surface area contributed by atoms with Gasteiger partial charge in [-0.15, -0.1) is 0 Å². The zero-order valence-corrected chi connectivity index (χ0v) is 7.01. The van der Waals surface area contributed by atoms with Crippen LogP contribution in [0.1, 0.15) is 27.9 Å². The van der Waals surface area contributed by atoms with E-state index >= 15 is 0 Å². The highest BCUT2D eigenvalue weighted by Gasteiger charge is 2.21. The fourth-order valence-corrected chi connectivity index (χ4v) is 1.07. The summed E-state index contributed by atoms with van der Waals surface area (Å²) in [5.74, 6) is -1.33. The van der Waals surface area contributed by atoms with E-state index in [4.69, 9.17) is 5.73 Å². The second kappa shape index (κ2) is 4.19. The molecule has 14 heavy (non-hydrogen) atoms. The van der Waals surface area contributed by atoms with E-state index in [1.165, 1.54) is 0 Å².